The standard InChI is InChI=1S/C23H31N3O4S/c1-23(2,3)20-11-9-17(10-12-20)22(28)25-14-13-21(27)26-15-18-7-5-6-8-19(18)16-31(29,30)24-4/h5-12,24H,13-16H2,1-4H3,(H,25,28)(H,26,27). The molecule has 8 heteroatoms. The van der Waals surface area contributed by atoms with Gasteiger partial charge in [-0.3, -0.25) is 9.59 Å². The summed E-state index contributed by atoms with van der Waals surface area (Å²) in [4.78, 5) is 24.4. The molecule has 0 aliphatic rings. The molecule has 2 aromatic rings. The molecule has 0 radical (unpaired) electrons. The monoisotopic (exact) mass is 445 g/mol. The Bertz CT molecular complexity index is 1010. The van der Waals surface area contributed by atoms with Crippen LogP contribution in [0.3, 0.4) is 0 Å². The number of nitrogens with one attached hydrogen (secondary N) is 3. The van der Waals surface area contributed by atoms with E-state index in [1.807, 2.05) is 12.1 Å². The van der Waals surface area contributed by atoms with E-state index in [0.717, 1.165) is 11.1 Å². The molecule has 0 heterocycles. The Balaban J connectivity index is 1.82. The quantitative estimate of drug-likeness (QED) is 0.551. The van der Waals surface area contributed by atoms with Gasteiger partial charge in [0.05, 0.1) is 5.75 Å². The first-order valence-corrected chi connectivity index (χ1v) is 11.8. The third-order valence-electron chi connectivity index (χ3n) is 4.90. The van der Waals surface area contributed by atoms with Gasteiger partial charge in [-0.15, -0.1) is 0 Å². The fourth-order valence-corrected chi connectivity index (χ4v) is 3.78. The van der Waals surface area contributed by atoms with Crippen molar-refractivity contribution >= 4 is 21.8 Å². The van der Waals surface area contributed by atoms with Crippen LogP contribution in [0.15, 0.2) is 48.5 Å². The van der Waals surface area contributed by atoms with Crippen molar-refractivity contribution in [1.82, 2.24) is 15.4 Å². The lowest BCUT2D eigenvalue weighted by Gasteiger charge is -2.19. The van der Waals surface area contributed by atoms with Crippen LogP contribution in [0.1, 0.15) is 54.2 Å². The summed E-state index contributed by atoms with van der Waals surface area (Å²) in [6, 6.07) is 14.5. The Kier molecular flexibility index (Phi) is 8.36. The normalized spacial score (nSPS) is 11.7. The second kappa shape index (κ2) is 10.5. The molecule has 0 bridgehead atoms. The van der Waals surface area contributed by atoms with Gasteiger partial charge in [0.1, 0.15) is 0 Å². The molecule has 2 amide bonds. The molecule has 3 N–H and O–H groups in total. The van der Waals surface area contributed by atoms with Crippen molar-refractivity contribution in [2.75, 3.05) is 13.6 Å². The Morgan fingerprint density at radius 2 is 1.52 bits per heavy atom. The molecule has 31 heavy (non-hydrogen) atoms. The summed E-state index contributed by atoms with van der Waals surface area (Å²) in [5, 5.41) is 5.52. The van der Waals surface area contributed by atoms with E-state index in [4.69, 9.17) is 0 Å². The van der Waals surface area contributed by atoms with Crippen molar-refractivity contribution < 1.29 is 18.0 Å². The second-order valence-corrected chi connectivity index (χ2v) is 10.3. The average molecular weight is 446 g/mol. The molecule has 0 spiro atoms. The van der Waals surface area contributed by atoms with Crippen molar-refractivity contribution in [3.63, 3.8) is 0 Å². The highest BCUT2D eigenvalue weighted by atomic mass is 32.2. The largest absolute Gasteiger partial charge is 0.352 e. The fraction of sp³-hybridized carbons (Fsp3) is 0.391. The van der Waals surface area contributed by atoms with Crippen LogP contribution in [0, 0.1) is 0 Å². The lowest BCUT2D eigenvalue weighted by atomic mass is 9.87. The van der Waals surface area contributed by atoms with E-state index in [0.29, 0.717) is 11.1 Å². The van der Waals surface area contributed by atoms with Crippen molar-refractivity contribution in [1.29, 1.82) is 0 Å². The molecule has 0 saturated heterocycles. The maximum Gasteiger partial charge on any atom is 0.251 e. The topological polar surface area (TPSA) is 104 Å². The Labute approximate surface area is 184 Å². The molecule has 0 saturated carbocycles. The highest BCUT2D eigenvalue weighted by Crippen LogP contribution is 2.22. The van der Waals surface area contributed by atoms with E-state index in [9.17, 15) is 18.0 Å². The average Bonchev–Trinajstić information content (AvgIpc) is 2.72. The minimum Gasteiger partial charge on any atom is -0.352 e. The van der Waals surface area contributed by atoms with Gasteiger partial charge in [-0.25, -0.2) is 13.1 Å². The van der Waals surface area contributed by atoms with Gasteiger partial charge < -0.3 is 10.6 Å². The predicted molar refractivity (Wildman–Crippen MR) is 122 cm³/mol. The molecule has 0 atom stereocenters. The van der Waals surface area contributed by atoms with Crippen LogP contribution in [0.25, 0.3) is 0 Å². The maximum atomic E-state index is 12.3. The van der Waals surface area contributed by atoms with Crippen LogP contribution in [0.4, 0.5) is 0 Å². The van der Waals surface area contributed by atoms with E-state index < -0.39 is 10.0 Å². The number of carbonyl (C=O) groups excluding carboxylic acids is 2. The maximum absolute atomic E-state index is 12.3. The van der Waals surface area contributed by atoms with Crippen LogP contribution < -0.4 is 15.4 Å². The van der Waals surface area contributed by atoms with Crippen molar-refractivity contribution in [3.8, 4) is 0 Å². The Hall–Kier alpha value is -2.71. The molecule has 7 nitrogen and oxygen atoms in total. The van der Waals surface area contributed by atoms with Gasteiger partial charge >= 0.3 is 0 Å². The van der Waals surface area contributed by atoms with E-state index in [-0.39, 0.29) is 42.5 Å². The number of hydrogen-bond acceptors (Lipinski definition) is 4. The van der Waals surface area contributed by atoms with Crippen LogP contribution in [0.2, 0.25) is 0 Å². The van der Waals surface area contributed by atoms with Gasteiger partial charge in [-0.05, 0) is 41.3 Å². The number of hydrogen-bond donors (Lipinski definition) is 3. The molecule has 0 unspecified atom stereocenters. The third-order valence-corrected chi connectivity index (χ3v) is 6.21. The van der Waals surface area contributed by atoms with Gasteiger partial charge in [0.15, 0.2) is 0 Å². The van der Waals surface area contributed by atoms with Crippen LogP contribution in [-0.4, -0.2) is 33.8 Å². The minimum atomic E-state index is -3.40. The summed E-state index contributed by atoms with van der Waals surface area (Å²) in [6.45, 7) is 6.76. The lowest BCUT2D eigenvalue weighted by Crippen LogP contribution is -2.31. The summed E-state index contributed by atoms with van der Waals surface area (Å²) in [7, 11) is -2.04. The van der Waals surface area contributed by atoms with Crippen molar-refractivity contribution in [2.24, 2.45) is 0 Å². The first-order valence-electron chi connectivity index (χ1n) is 10.2. The second-order valence-electron chi connectivity index (χ2n) is 8.34. The van der Waals surface area contributed by atoms with Gasteiger partial charge in [-0.1, -0.05) is 57.2 Å². The number of amides is 2. The zero-order valence-electron chi connectivity index (χ0n) is 18.5. The molecular formula is C23H31N3O4S. The predicted octanol–water partition coefficient (Wildman–Crippen LogP) is 2.47. The molecule has 2 rings (SSSR count). The van der Waals surface area contributed by atoms with Crippen molar-refractivity contribution in [3.05, 3.63) is 70.8 Å². The molecule has 2 aromatic carbocycles. The lowest BCUT2D eigenvalue weighted by molar-refractivity contribution is -0.121. The fourth-order valence-electron chi connectivity index (χ4n) is 2.94. The molecular weight excluding hydrogens is 414 g/mol. The molecule has 0 aromatic heterocycles. The van der Waals surface area contributed by atoms with Gasteiger partial charge in [0.25, 0.3) is 5.91 Å². The van der Waals surface area contributed by atoms with E-state index in [1.165, 1.54) is 7.05 Å². The first kappa shape index (κ1) is 24.6. The molecule has 0 aliphatic heterocycles. The van der Waals surface area contributed by atoms with Crippen LogP contribution in [-0.2, 0) is 32.5 Å². The summed E-state index contributed by atoms with van der Waals surface area (Å²) >= 11 is 0. The van der Waals surface area contributed by atoms with Crippen molar-refractivity contribution in [2.45, 2.75) is 44.9 Å². The molecule has 0 aliphatic carbocycles. The van der Waals surface area contributed by atoms with E-state index in [1.54, 1.807) is 36.4 Å². The summed E-state index contributed by atoms with van der Waals surface area (Å²) in [5.74, 6) is -0.606. The summed E-state index contributed by atoms with van der Waals surface area (Å²) < 4.78 is 25.9. The molecule has 168 valence electrons. The van der Waals surface area contributed by atoms with Gasteiger partial charge in [0, 0.05) is 25.1 Å². The summed E-state index contributed by atoms with van der Waals surface area (Å²) in [5.41, 5.74) is 3.07. The van der Waals surface area contributed by atoms with Crippen LogP contribution >= 0.6 is 0 Å². The first-order chi connectivity index (χ1) is 14.5. The van der Waals surface area contributed by atoms with Gasteiger partial charge in [-0.2, -0.15) is 0 Å². The Morgan fingerprint density at radius 1 is 0.903 bits per heavy atom. The smallest absolute Gasteiger partial charge is 0.251 e. The van der Waals surface area contributed by atoms with E-state index in [2.05, 4.69) is 36.1 Å². The number of carbonyl (C=O) groups is 2. The zero-order chi connectivity index (χ0) is 23.1. The Morgan fingerprint density at radius 3 is 2.10 bits per heavy atom. The third kappa shape index (κ3) is 7.80. The highest BCUT2D eigenvalue weighted by Gasteiger charge is 2.15. The SMILES string of the molecule is CNS(=O)(=O)Cc1ccccc1CNC(=O)CCNC(=O)c1ccc(C(C)(C)C)cc1. The number of sulfonamides is 1. The zero-order valence-corrected chi connectivity index (χ0v) is 19.3. The minimum absolute atomic E-state index is 0.0168. The molecule has 0 fully saturated rings. The number of benzene rings is 2. The van der Waals surface area contributed by atoms with Crippen LogP contribution in [0.5, 0.6) is 0 Å². The number of rotatable bonds is 9. The van der Waals surface area contributed by atoms with Gasteiger partial charge in [0.2, 0.25) is 15.9 Å². The summed E-state index contributed by atoms with van der Waals surface area (Å²) in [6.07, 6.45) is 0.128. The van der Waals surface area contributed by atoms with E-state index >= 15 is 0 Å². The highest BCUT2D eigenvalue weighted by molar-refractivity contribution is 7.88.